The molecular weight excluding hydrogens is 242 g/mol. The molecule has 0 atom stereocenters. The number of methoxy groups -OCH3 is 2. The number of pyridine rings is 1. The number of aromatic nitrogens is 1. The van der Waals surface area contributed by atoms with Gasteiger partial charge in [0.05, 0.1) is 19.9 Å². The van der Waals surface area contributed by atoms with Gasteiger partial charge in [0.2, 0.25) is 0 Å². The van der Waals surface area contributed by atoms with Crippen molar-refractivity contribution in [3.8, 4) is 11.5 Å². The minimum atomic E-state index is 0.485. The van der Waals surface area contributed by atoms with Gasteiger partial charge in [-0.1, -0.05) is 6.07 Å². The normalized spacial score (nSPS) is 10.1. The highest BCUT2D eigenvalue weighted by molar-refractivity contribution is 5.65. The smallest absolute Gasteiger partial charge is 0.146 e. The first-order valence-corrected chi connectivity index (χ1v) is 5.91. The molecule has 0 amide bonds. The van der Waals surface area contributed by atoms with Crippen molar-refractivity contribution in [2.45, 2.75) is 6.54 Å². The Labute approximate surface area is 112 Å². The number of nitrogens with one attached hydrogen (secondary N) is 1. The summed E-state index contributed by atoms with van der Waals surface area (Å²) in [7, 11) is 3.24. The van der Waals surface area contributed by atoms with Crippen molar-refractivity contribution >= 4 is 11.5 Å². The lowest BCUT2D eigenvalue weighted by Gasteiger charge is -2.12. The Kier molecular flexibility index (Phi) is 4.20. The summed E-state index contributed by atoms with van der Waals surface area (Å²) in [5.41, 5.74) is 7.36. The summed E-state index contributed by atoms with van der Waals surface area (Å²) in [4.78, 5) is 4.28. The SMILES string of the molecule is COc1ccc(Nc2ccc(CN)cn2)c(OC)c1. The van der Waals surface area contributed by atoms with E-state index in [4.69, 9.17) is 15.2 Å². The molecule has 1 aromatic carbocycles. The van der Waals surface area contributed by atoms with Gasteiger partial charge in [-0.15, -0.1) is 0 Å². The van der Waals surface area contributed by atoms with E-state index in [-0.39, 0.29) is 0 Å². The Morgan fingerprint density at radius 2 is 2.00 bits per heavy atom. The number of ether oxygens (including phenoxy) is 2. The first kappa shape index (κ1) is 13.2. The quantitative estimate of drug-likeness (QED) is 0.862. The van der Waals surface area contributed by atoms with Gasteiger partial charge < -0.3 is 20.5 Å². The van der Waals surface area contributed by atoms with Crippen LogP contribution in [0.25, 0.3) is 0 Å². The molecule has 2 aromatic rings. The van der Waals surface area contributed by atoms with Gasteiger partial charge in [0.1, 0.15) is 17.3 Å². The number of hydrogen-bond acceptors (Lipinski definition) is 5. The molecule has 0 unspecified atom stereocenters. The van der Waals surface area contributed by atoms with Gasteiger partial charge in [-0.25, -0.2) is 4.98 Å². The number of benzene rings is 1. The highest BCUT2D eigenvalue weighted by Crippen LogP contribution is 2.30. The number of nitrogens with two attached hydrogens (primary N) is 1. The summed E-state index contributed by atoms with van der Waals surface area (Å²) in [6.07, 6.45) is 1.75. The zero-order chi connectivity index (χ0) is 13.7. The lowest BCUT2D eigenvalue weighted by molar-refractivity contribution is 0.395. The van der Waals surface area contributed by atoms with Crippen molar-refractivity contribution in [3.05, 3.63) is 42.1 Å². The third-order valence-electron chi connectivity index (χ3n) is 2.73. The van der Waals surface area contributed by atoms with Gasteiger partial charge in [-0.2, -0.15) is 0 Å². The van der Waals surface area contributed by atoms with Crippen LogP contribution in [0.3, 0.4) is 0 Å². The van der Waals surface area contributed by atoms with Crippen LogP contribution in [0.4, 0.5) is 11.5 Å². The van der Waals surface area contributed by atoms with Crippen LogP contribution in [0.1, 0.15) is 5.56 Å². The van der Waals surface area contributed by atoms with E-state index in [2.05, 4.69) is 10.3 Å². The molecule has 1 heterocycles. The standard InChI is InChI=1S/C14H17N3O2/c1-18-11-4-5-12(13(7-11)19-2)17-14-6-3-10(8-15)9-16-14/h3-7,9H,8,15H2,1-2H3,(H,16,17). The molecular formula is C14H17N3O2. The minimum Gasteiger partial charge on any atom is -0.497 e. The molecule has 5 heteroatoms. The second-order valence-electron chi connectivity index (χ2n) is 3.95. The summed E-state index contributed by atoms with van der Waals surface area (Å²) in [5.74, 6) is 2.18. The van der Waals surface area contributed by atoms with Crippen molar-refractivity contribution in [1.29, 1.82) is 0 Å². The van der Waals surface area contributed by atoms with E-state index in [0.717, 1.165) is 22.8 Å². The molecule has 0 aliphatic rings. The molecule has 5 nitrogen and oxygen atoms in total. The molecule has 0 aliphatic heterocycles. The Balaban J connectivity index is 2.21. The maximum atomic E-state index is 5.54. The van der Waals surface area contributed by atoms with Crippen LogP contribution in [-0.4, -0.2) is 19.2 Å². The Morgan fingerprint density at radius 3 is 2.58 bits per heavy atom. The van der Waals surface area contributed by atoms with Gasteiger partial charge in [0.25, 0.3) is 0 Å². The van der Waals surface area contributed by atoms with Gasteiger partial charge in [0, 0.05) is 18.8 Å². The summed E-state index contributed by atoms with van der Waals surface area (Å²) < 4.78 is 10.5. The fraction of sp³-hybridized carbons (Fsp3) is 0.214. The van der Waals surface area contributed by atoms with Crippen LogP contribution in [0, 0.1) is 0 Å². The van der Waals surface area contributed by atoms with E-state index in [1.807, 2.05) is 30.3 Å². The summed E-state index contributed by atoms with van der Waals surface area (Å²) >= 11 is 0. The molecule has 0 spiro atoms. The van der Waals surface area contributed by atoms with E-state index in [1.165, 1.54) is 0 Å². The highest BCUT2D eigenvalue weighted by Gasteiger charge is 2.05. The first-order valence-electron chi connectivity index (χ1n) is 5.91. The molecule has 3 N–H and O–H groups in total. The Morgan fingerprint density at radius 1 is 1.16 bits per heavy atom. The van der Waals surface area contributed by atoms with Crippen LogP contribution >= 0.6 is 0 Å². The molecule has 0 radical (unpaired) electrons. The molecule has 100 valence electrons. The second-order valence-corrected chi connectivity index (χ2v) is 3.95. The van der Waals surface area contributed by atoms with Crippen molar-refractivity contribution in [2.75, 3.05) is 19.5 Å². The second kappa shape index (κ2) is 6.06. The fourth-order valence-electron chi connectivity index (χ4n) is 1.66. The van der Waals surface area contributed by atoms with E-state index >= 15 is 0 Å². The number of nitrogens with zero attached hydrogens (tertiary/aromatic N) is 1. The van der Waals surface area contributed by atoms with E-state index in [9.17, 15) is 0 Å². The zero-order valence-corrected chi connectivity index (χ0v) is 11.0. The molecule has 2 rings (SSSR count). The van der Waals surface area contributed by atoms with Crippen molar-refractivity contribution in [1.82, 2.24) is 4.98 Å². The molecule has 0 fully saturated rings. The maximum absolute atomic E-state index is 5.54. The molecule has 0 bridgehead atoms. The van der Waals surface area contributed by atoms with Crippen LogP contribution in [-0.2, 0) is 6.54 Å². The van der Waals surface area contributed by atoms with Gasteiger partial charge in [-0.05, 0) is 23.8 Å². The lowest BCUT2D eigenvalue weighted by atomic mass is 10.2. The molecule has 1 aromatic heterocycles. The van der Waals surface area contributed by atoms with Crippen molar-refractivity contribution < 1.29 is 9.47 Å². The van der Waals surface area contributed by atoms with E-state index in [1.54, 1.807) is 20.4 Å². The molecule has 0 saturated carbocycles. The number of hydrogen-bond donors (Lipinski definition) is 2. The monoisotopic (exact) mass is 259 g/mol. The van der Waals surface area contributed by atoms with Crippen LogP contribution in [0.15, 0.2) is 36.5 Å². The number of rotatable bonds is 5. The van der Waals surface area contributed by atoms with Gasteiger partial charge in [0.15, 0.2) is 0 Å². The summed E-state index contributed by atoms with van der Waals surface area (Å²) in [5, 5.41) is 3.19. The lowest BCUT2D eigenvalue weighted by Crippen LogP contribution is -2.00. The third kappa shape index (κ3) is 3.14. The third-order valence-corrected chi connectivity index (χ3v) is 2.73. The Hall–Kier alpha value is -2.27. The molecule has 19 heavy (non-hydrogen) atoms. The zero-order valence-electron chi connectivity index (χ0n) is 11.0. The average Bonchev–Trinajstić information content (AvgIpc) is 2.48. The predicted molar refractivity (Wildman–Crippen MR) is 75.0 cm³/mol. The topological polar surface area (TPSA) is 69.4 Å². The molecule has 0 saturated heterocycles. The number of anilines is 2. The average molecular weight is 259 g/mol. The minimum absolute atomic E-state index is 0.485. The van der Waals surface area contributed by atoms with Gasteiger partial charge in [-0.3, -0.25) is 0 Å². The summed E-state index contributed by atoms with van der Waals surface area (Å²) in [6, 6.07) is 9.38. The van der Waals surface area contributed by atoms with Gasteiger partial charge >= 0.3 is 0 Å². The fourth-order valence-corrected chi connectivity index (χ4v) is 1.66. The molecule has 0 aliphatic carbocycles. The predicted octanol–water partition coefficient (Wildman–Crippen LogP) is 2.30. The van der Waals surface area contributed by atoms with Crippen LogP contribution < -0.4 is 20.5 Å². The summed E-state index contributed by atoms with van der Waals surface area (Å²) in [6.45, 7) is 0.485. The maximum Gasteiger partial charge on any atom is 0.146 e. The van der Waals surface area contributed by atoms with Crippen LogP contribution in [0.5, 0.6) is 11.5 Å². The van der Waals surface area contributed by atoms with Crippen LogP contribution in [0.2, 0.25) is 0 Å². The van der Waals surface area contributed by atoms with Crippen molar-refractivity contribution in [3.63, 3.8) is 0 Å². The van der Waals surface area contributed by atoms with E-state index in [0.29, 0.717) is 12.3 Å². The first-order chi connectivity index (χ1) is 9.26. The van der Waals surface area contributed by atoms with E-state index < -0.39 is 0 Å². The Bertz CT molecular complexity index is 541. The largest absolute Gasteiger partial charge is 0.497 e. The highest BCUT2D eigenvalue weighted by atomic mass is 16.5. The van der Waals surface area contributed by atoms with Crippen molar-refractivity contribution in [2.24, 2.45) is 5.73 Å².